The SMILES string of the molecule is CC1NCc2cc(-c3ccc4c(=O)c(C(=O)O)cn(C5CC5)c4c3OC(F)F)ccc21.O=P(O)(O)O. The van der Waals surface area contributed by atoms with Crippen LogP contribution < -0.4 is 15.5 Å². The van der Waals surface area contributed by atoms with Gasteiger partial charge in [0.2, 0.25) is 5.43 Å². The Hall–Kier alpha value is -3.15. The Morgan fingerprint density at radius 2 is 1.86 bits per heavy atom. The van der Waals surface area contributed by atoms with Crippen LogP contribution in [0.15, 0.2) is 41.3 Å². The summed E-state index contributed by atoms with van der Waals surface area (Å²) in [6.45, 7) is -0.360. The Kier molecular flexibility index (Phi) is 7.00. The molecule has 5 N–H and O–H groups in total. The number of benzene rings is 2. The number of ether oxygens (including phenoxy) is 1. The van der Waals surface area contributed by atoms with Crippen LogP contribution in [-0.4, -0.2) is 36.9 Å². The van der Waals surface area contributed by atoms with Crippen molar-refractivity contribution in [2.75, 3.05) is 0 Å². The first-order valence-electron chi connectivity index (χ1n) is 10.9. The van der Waals surface area contributed by atoms with Gasteiger partial charge in [-0.1, -0.05) is 12.1 Å². The summed E-state index contributed by atoms with van der Waals surface area (Å²) in [5.74, 6) is -1.45. The van der Waals surface area contributed by atoms with E-state index in [9.17, 15) is 23.5 Å². The number of aromatic carboxylic acids is 1. The topological polar surface area (TPSA) is 158 Å². The summed E-state index contributed by atoms with van der Waals surface area (Å²) in [4.78, 5) is 45.9. The van der Waals surface area contributed by atoms with Gasteiger partial charge in [0.25, 0.3) is 0 Å². The zero-order chi connectivity index (χ0) is 26.4. The zero-order valence-electron chi connectivity index (χ0n) is 18.9. The molecule has 2 aromatic carbocycles. The molecule has 1 saturated carbocycles. The summed E-state index contributed by atoms with van der Waals surface area (Å²) < 4.78 is 42.4. The Morgan fingerprint density at radius 3 is 2.44 bits per heavy atom. The molecule has 192 valence electrons. The van der Waals surface area contributed by atoms with Gasteiger partial charge in [-0.05, 0) is 54.7 Å². The van der Waals surface area contributed by atoms with Crippen molar-refractivity contribution < 1.29 is 42.7 Å². The number of nitrogens with zero attached hydrogens (tertiary/aromatic N) is 1. The van der Waals surface area contributed by atoms with Crippen molar-refractivity contribution in [1.29, 1.82) is 0 Å². The molecule has 1 aliphatic heterocycles. The van der Waals surface area contributed by atoms with Gasteiger partial charge in [0.15, 0.2) is 5.75 Å². The number of carbonyl (C=O) groups is 1. The van der Waals surface area contributed by atoms with E-state index in [1.165, 1.54) is 12.3 Å². The van der Waals surface area contributed by atoms with Gasteiger partial charge < -0.3 is 34.4 Å². The highest BCUT2D eigenvalue weighted by Crippen LogP contribution is 2.43. The van der Waals surface area contributed by atoms with Crippen LogP contribution in [0.25, 0.3) is 22.0 Å². The average Bonchev–Trinajstić information content (AvgIpc) is 3.55. The largest absolute Gasteiger partial charge is 0.477 e. The fraction of sp³-hybridized carbons (Fsp3) is 0.304. The van der Waals surface area contributed by atoms with Gasteiger partial charge in [0.05, 0.1) is 10.9 Å². The lowest BCUT2D eigenvalue weighted by atomic mass is 9.96. The highest BCUT2D eigenvalue weighted by atomic mass is 31.2. The van der Waals surface area contributed by atoms with E-state index in [1.807, 2.05) is 18.2 Å². The molecule has 1 aliphatic carbocycles. The molecule has 3 aromatic rings. The van der Waals surface area contributed by atoms with Crippen molar-refractivity contribution in [2.24, 2.45) is 0 Å². The molecule has 1 aromatic heterocycles. The zero-order valence-corrected chi connectivity index (χ0v) is 19.8. The fourth-order valence-corrected chi connectivity index (χ4v) is 4.37. The lowest BCUT2D eigenvalue weighted by Gasteiger charge is -2.19. The fourth-order valence-electron chi connectivity index (χ4n) is 4.37. The second-order valence-corrected chi connectivity index (χ2v) is 9.59. The molecule has 1 unspecified atom stereocenters. The number of nitrogens with one attached hydrogen (secondary N) is 1. The van der Waals surface area contributed by atoms with Crippen LogP contribution >= 0.6 is 7.82 Å². The van der Waals surface area contributed by atoms with Crippen LogP contribution in [0, 0.1) is 0 Å². The molecule has 13 heteroatoms. The second-order valence-electron chi connectivity index (χ2n) is 8.56. The highest BCUT2D eigenvalue weighted by Gasteiger charge is 2.30. The van der Waals surface area contributed by atoms with Gasteiger partial charge in [-0.3, -0.25) is 4.79 Å². The molecule has 0 saturated heterocycles. The predicted molar refractivity (Wildman–Crippen MR) is 125 cm³/mol. The molecule has 0 amide bonds. The molecule has 0 bridgehead atoms. The van der Waals surface area contributed by atoms with Crippen LogP contribution in [0.1, 0.15) is 53.3 Å². The number of aromatic nitrogens is 1. The first-order valence-corrected chi connectivity index (χ1v) is 12.5. The van der Waals surface area contributed by atoms with Gasteiger partial charge >= 0.3 is 20.4 Å². The number of fused-ring (bicyclic) bond motifs is 2. The van der Waals surface area contributed by atoms with Gasteiger partial charge in [0.1, 0.15) is 5.56 Å². The van der Waals surface area contributed by atoms with Gasteiger partial charge in [-0.15, -0.1) is 0 Å². The number of hydrogen-bond acceptors (Lipinski definition) is 5. The number of pyridine rings is 1. The minimum atomic E-state index is -4.64. The van der Waals surface area contributed by atoms with E-state index < -0.39 is 25.8 Å². The van der Waals surface area contributed by atoms with Gasteiger partial charge in [-0.25, -0.2) is 9.36 Å². The summed E-state index contributed by atoms with van der Waals surface area (Å²) in [5.41, 5.74) is 2.49. The quantitative estimate of drug-likeness (QED) is 0.315. The molecule has 36 heavy (non-hydrogen) atoms. The van der Waals surface area contributed by atoms with Crippen molar-refractivity contribution in [3.05, 3.63) is 63.4 Å². The van der Waals surface area contributed by atoms with Crippen molar-refractivity contribution in [1.82, 2.24) is 9.88 Å². The average molecular weight is 524 g/mol. The number of halogens is 2. The van der Waals surface area contributed by atoms with Crippen molar-refractivity contribution in [2.45, 2.75) is 45.0 Å². The van der Waals surface area contributed by atoms with E-state index in [-0.39, 0.29) is 34.3 Å². The number of phosphoric acid groups is 1. The first kappa shape index (κ1) is 25.9. The maximum Gasteiger partial charge on any atom is 0.466 e. The van der Waals surface area contributed by atoms with E-state index in [0.29, 0.717) is 17.7 Å². The molecule has 2 aliphatic rings. The maximum atomic E-state index is 13.5. The number of hydrogen-bond donors (Lipinski definition) is 5. The van der Waals surface area contributed by atoms with E-state index >= 15 is 0 Å². The maximum absolute atomic E-state index is 13.5. The highest BCUT2D eigenvalue weighted by molar-refractivity contribution is 7.45. The molecule has 5 rings (SSSR count). The van der Waals surface area contributed by atoms with Gasteiger partial charge in [0, 0.05) is 30.4 Å². The minimum Gasteiger partial charge on any atom is -0.477 e. The molecule has 1 atom stereocenters. The molecule has 2 heterocycles. The van der Waals surface area contributed by atoms with Crippen LogP contribution in [0.3, 0.4) is 0 Å². The standard InChI is InChI=1S/C23H20F2N2O4.H3O4P/c1-11-15-5-2-12(8-13(15)9-26-11)16-6-7-17-19(21(16)31-23(24)25)27(14-3-4-14)10-18(20(17)28)22(29)30;1-5(2,3)4/h2,5-8,10-11,14,23,26H,3-4,9H2,1H3,(H,29,30);(H3,1,2,3,4). The van der Waals surface area contributed by atoms with Crippen molar-refractivity contribution in [3.8, 4) is 16.9 Å². The van der Waals surface area contributed by atoms with E-state index in [4.69, 9.17) is 24.0 Å². The number of alkyl halides is 2. The van der Waals surface area contributed by atoms with E-state index in [2.05, 4.69) is 12.2 Å². The minimum absolute atomic E-state index is 0.0541. The molecular weight excluding hydrogens is 501 g/mol. The third-order valence-electron chi connectivity index (χ3n) is 6.04. The Bertz CT molecular complexity index is 1440. The van der Waals surface area contributed by atoms with Gasteiger partial charge in [-0.2, -0.15) is 8.78 Å². The normalized spacial score (nSPS) is 17.0. The number of rotatable bonds is 5. The molecule has 1 fully saturated rings. The second kappa shape index (κ2) is 9.72. The van der Waals surface area contributed by atoms with E-state index in [1.54, 1.807) is 10.6 Å². The lowest BCUT2D eigenvalue weighted by molar-refractivity contribution is -0.0486. The third-order valence-corrected chi connectivity index (χ3v) is 6.04. The Labute approximate surface area is 203 Å². The van der Waals surface area contributed by atoms with Crippen molar-refractivity contribution >= 4 is 24.7 Å². The van der Waals surface area contributed by atoms with Crippen LogP contribution in [0.2, 0.25) is 0 Å². The Morgan fingerprint density at radius 1 is 1.19 bits per heavy atom. The molecule has 10 nitrogen and oxygen atoms in total. The summed E-state index contributed by atoms with van der Waals surface area (Å²) in [5, 5.41) is 12.8. The molecule has 0 radical (unpaired) electrons. The lowest BCUT2D eigenvalue weighted by Crippen LogP contribution is -2.19. The predicted octanol–water partition coefficient (Wildman–Crippen LogP) is 3.54. The molecular formula is C23H23F2N2O8P. The van der Waals surface area contributed by atoms with Crippen LogP contribution in [0.4, 0.5) is 8.78 Å². The number of carboxylic acid groups (broad SMARTS) is 1. The molecule has 0 spiro atoms. The smallest absolute Gasteiger partial charge is 0.466 e. The Balaban J connectivity index is 0.000000556. The van der Waals surface area contributed by atoms with Crippen molar-refractivity contribution in [3.63, 3.8) is 0 Å². The number of carboxylic acids is 1. The first-order chi connectivity index (χ1) is 16.8. The summed E-state index contributed by atoms with van der Waals surface area (Å²) in [7, 11) is -4.64. The van der Waals surface area contributed by atoms with E-state index in [0.717, 1.165) is 24.0 Å². The third kappa shape index (κ3) is 5.48. The van der Waals surface area contributed by atoms with Crippen LogP contribution in [0.5, 0.6) is 5.75 Å². The van der Waals surface area contributed by atoms with Crippen LogP contribution in [-0.2, 0) is 11.1 Å². The summed E-state index contributed by atoms with van der Waals surface area (Å²) in [6.07, 6.45) is 2.80. The summed E-state index contributed by atoms with van der Waals surface area (Å²) in [6, 6.07) is 8.98. The summed E-state index contributed by atoms with van der Waals surface area (Å²) >= 11 is 0. The monoisotopic (exact) mass is 524 g/mol.